The number of carbonyl (C=O) groups is 1. The van der Waals surface area contributed by atoms with Crippen molar-refractivity contribution in [2.45, 2.75) is 6.92 Å². The lowest BCUT2D eigenvalue weighted by Gasteiger charge is -2.08. The van der Waals surface area contributed by atoms with Crippen molar-refractivity contribution in [3.05, 3.63) is 47.9 Å². The number of aromatic nitrogens is 2. The van der Waals surface area contributed by atoms with E-state index in [4.69, 9.17) is 5.73 Å². The highest BCUT2D eigenvalue weighted by atomic mass is 16.1. The van der Waals surface area contributed by atoms with E-state index in [1.165, 1.54) is 12.4 Å². The van der Waals surface area contributed by atoms with E-state index < -0.39 is 5.91 Å². The summed E-state index contributed by atoms with van der Waals surface area (Å²) in [5.41, 5.74) is 7.30. The zero-order valence-corrected chi connectivity index (χ0v) is 9.34. The van der Waals surface area contributed by atoms with Crippen molar-refractivity contribution >= 4 is 17.4 Å². The molecule has 0 unspecified atom stereocenters. The predicted octanol–water partition coefficient (Wildman–Crippen LogP) is 1.63. The van der Waals surface area contributed by atoms with Gasteiger partial charge in [-0.1, -0.05) is 12.1 Å². The smallest absolute Gasteiger partial charge is 0.271 e. The lowest BCUT2D eigenvalue weighted by Crippen LogP contribution is -2.16. The van der Waals surface area contributed by atoms with E-state index in [1.807, 2.05) is 31.2 Å². The standard InChI is InChI=1S/C12H12N4O/c1-8-3-2-4-9(7-8)16-12-10(11(13)17)14-5-6-15-12/h2-7H,1H3,(H2,13,17)(H,15,16). The first-order valence-corrected chi connectivity index (χ1v) is 5.11. The van der Waals surface area contributed by atoms with Gasteiger partial charge in [-0.3, -0.25) is 4.79 Å². The van der Waals surface area contributed by atoms with E-state index in [0.29, 0.717) is 5.82 Å². The summed E-state index contributed by atoms with van der Waals surface area (Å²) < 4.78 is 0. The number of amides is 1. The van der Waals surface area contributed by atoms with E-state index in [0.717, 1.165) is 11.3 Å². The highest BCUT2D eigenvalue weighted by Crippen LogP contribution is 2.17. The van der Waals surface area contributed by atoms with Crippen molar-refractivity contribution in [1.29, 1.82) is 0 Å². The highest BCUT2D eigenvalue weighted by Gasteiger charge is 2.10. The molecule has 0 saturated heterocycles. The molecule has 0 radical (unpaired) electrons. The van der Waals surface area contributed by atoms with Gasteiger partial charge in [-0.25, -0.2) is 9.97 Å². The fraction of sp³-hybridized carbons (Fsp3) is 0.0833. The minimum atomic E-state index is -0.603. The van der Waals surface area contributed by atoms with Gasteiger partial charge in [0.1, 0.15) is 0 Å². The molecule has 0 saturated carbocycles. The number of hydrogen-bond acceptors (Lipinski definition) is 4. The number of carbonyl (C=O) groups excluding carboxylic acids is 1. The summed E-state index contributed by atoms with van der Waals surface area (Å²) in [6, 6.07) is 7.72. The number of aryl methyl sites for hydroxylation is 1. The number of nitrogens with two attached hydrogens (primary N) is 1. The Kier molecular flexibility index (Phi) is 3.00. The first kappa shape index (κ1) is 11.1. The van der Waals surface area contributed by atoms with Crippen LogP contribution in [0.15, 0.2) is 36.7 Å². The summed E-state index contributed by atoms with van der Waals surface area (Å²) in [5, 5.41) is 3.02. The maximum Gasteiger partial charge on any atom is 0.271 e. The molecule has 0 fully saturated rings. The highest BCUT2D eigenvalue weighted by molar-refractivity contribution is 5.96. The van der Waals surface area contributed by atoms with Crippen LogP contribution < -0.4 is 11.1 Å². The largest absolute Gasteiger partial charge is 0.364 e. The number of primary amides is 1. The SMILES string of the molecule is Cc1cccc(Nc2nccnc2C(N)=O)c1. The van der Waals surface area contributed by atoms with Crippen molar-refractivity contribution < 1.29 is 4.79 Å². The van der Waals surface area contributed by atoms with Gasteiger partial charge in [0.15, 0.2) is 11.5 Å². The molecule has 5 nitrogen and oxygen atoms in total. The molecule has 1 heterocycles. The van der Waals surface area contributed by atoms with Crippen LogP contribution in [0.5, 0.6) is 0 Å². The van der Waals surface area contributed by atoms with Gasteiger partial charge in [-0.2, -0.15) is 0 Å². The Morgan fingerprint density at radius 1 is 1.29 bits per heavy atom. The molecular weight excluding hydrogens is 216 g/mol. The molecule has 2 aromatic rings. The normalized spacial score (nSPS) is 9.94. The van der Waals surface area contributed by atoms with Crippen LogP contribution in [0.2, 0.25) is 0 Å². The van der Waals surface area contributed by atoms with Gasteiger partial charge >= 0.3 is 0 Å². The molecule has 86 valence electrons. The van der Waals surface area contributed by atoms with Crippen molar-refractivity contribution in [3.8, 4) is 0 Å². The monoisotopic (exact) mass is 228 g/mol. The summed E-state index contributed by atoms with van der Waals surface area (Å²) in [6.45, 7) is 1.98. The Morgan fingerprint density at radius 2 is 2.06 bits per heavy atom. The Morgan fingerprint density at radius 3 is 2.76 bits per heavy atom. The topological polar surface area (TPSA) is 80.9 Å². The van der Waals surface area contributed by atoms with Crippen LogP contribution >= 0.6 is 0 Å². The molecule has 0 bridgehead atoms. The molecule has 0 aliphatic rings. The second-order valence-electron chi connectivity index (χ2n) is 3.61. The third-order valence-electron chi connectivity index (χ3n) is 2.21. The molecule has 0 aliphatic heterocycles. The predicted molar refractivity (Wildman–Crippen MR) is 65.0 cm³/mol. The van der Waals surface area contributed by atoms with E-state index in [9.17, 15) is 4.79 Å². The number of nitrogens with zero attached hydrogens (tertiary/aromatic N) is 2. The summed E-state index contributed by atoms with van der Waals surface area (Å²) in [7, 11) is 0. The molecule has 1 amide bonds. The molecule has 0 atom stereocenters. The lowest BCUT2D eigenvalue weighted by molar-refractivity contribution is 0.0996. The van der Waals surface area contributed by atoms with Gasteiger partial charge in [0, 0.05) is 18.1 Å². The first-order chi connectivity index (χ1) is 8.16. The molecule has 3 N–H and O–H groups in total. The minimum absolute atomic E-state index is 0.133. The van der Waals surface area contributed by atoms with E-state index in [1.54, 1.807) is 0 Å². The van der Waals surface area contributed by atoms with Crippen LogP contribution in [-0.4, -0.2) is 15.9 Å². The number of rotatable bonds is 3. The van der Waals surface area contributed by atoms with Crippen molar-refractivity contribution in [2.75, 3.05) is 5.32 Å². The van der Waals surface area contributed by atoms with Crippen LogP contribution in [0.25, 0.3) is 0 Å². The molecule has 0 spiro atoms. The third-order valence-corrected chi connectivity index (χ3v) is 2.21. The third kappa shape index (κ3) is 2.57. The fourth-order valence-corrected chi connectivity index (χ4v) is 1.47. The Balaban J connectivity index is 2.33. The van der Waals surface area contributed by atoms with Crippen LogP contribution in [0.3, 0.4) is 0 Å². The van der Waals surface area contributed by atoms with Gasteiger partial charge in [-0.15, -0.1) is 0 Å². The summed E-state index contributed by atoms with van der Waals surface area (Å²) in [5.74, 6) is -0.237. The molecule has 2 rings (SSSR count). The van der Waals surface area contributed by atoms with E-state index >= 15 is 0 Å². The van der Waals surface area contributed by atoms with Crippen molar-refractivity contribution in [2.24, 2.45) is 5.73 Å². The first-order valence-electron chi connectivity index (χ1n) is 5.11. The van der Waals surface area contributed by atoms with Crippen LogP contribution in [0.4, 0.5) is 11.5 Å². The zero-order valence-electron chi connectivity index (χ0n) is 9.34. The number of hydrogen-bond donors (Lipinski definition) is 2. The maximum atomic E-state index is 11.2. The van der Waals surface area contributed by atoms with Crippen LogP contribution in [-0.2, 0) is 0 Å². The average Bonchev–Trinajstić information content (AvgIpc) is 2.29. The van der Waals surface area contributed by atoms with Gasteiger partial charge in [-0.05, 0) is 24.6 Å². The number of anilines is 2. The van der Waals surface area contributed by atoms with Crippen LogP contribution in [0.1, 0.15) is 16.1 Å². The zero-order chi connectivity index (χ0) is 12.3. The van der Waals surface area contributed by atoms with E-state index in [2.05, 4.69) is 15.3 Å². The maximum absolute atomic E-state index is 11.2. The molecule has 5 heteroatoms. The van der Waals surface area contributed by atoms with Gasteiger partial charge in [0.2, 0.25) is 0 Å². The summed E-state index contributed by atoms with van der Waals surface area (Å²) >= 11 is 0. The summed E-state index contributed by atoms with van der Waals surface area (Å²) in [6.07, 6.45) is 2.94. The molecule has 17 heavy (non-hydrogen) atoms. The van der Waals surface area contributed by atoms with Gasteiger partial charge in [0.25, 0.3) is 5.91 Å². The van der Waals surface area contributed by atoms with Gasteiger partial charge < -0.3 is 11.1 Å². The average molecular weight is 228 g/mol. The molecule has 1 aromatic heterocycles. The number of benzene rings is 1. The van der Waals surface area contributed by atoms with Gasteiger partial charge in [0.05, 0.1) is 0 Å². The quantitative estimate of drug-likeness (QED) is 0.836. The van der Waals surface area contributed by atoms with E-state index in [-0.39, 0.29) is 5.69 Å². The summed E-state index contributed by atoms with van der Waals surface area (Å²) in [4.78, 5) is 19.1. The second-order valence-corrected chi connectivity index (χ2v) is 3.61. The minimum Gasteiger partial charge on any atom is -0.364 e. The molecule has 1 aromatic carbocycles. The Labute approximate surface area is 98.7 Å². The Bertz CT molecular complexity index is 554. The Hall–Kier alpha value is -2.43. The van der Waals surface area contributed by atoms with Crippen LogP contribution in [0, 0.1) is 6.92 Å². The lowest BCUT2D eigenvalue weighted by atomic mass is 10.2. The molecule has 0 aliphatic carbocycles. The number of nitrogens with one attached hydrogen (secondary N) is 1. The molecular formula is C12H12N4O. The second kappa shape index (κ2) is 4.61. The fourth-order valence-electron chi connectivity index (χ4n) is 1.47. The van der Waals surface area contributed by atoms with Crippen molar-refractivity contribution in [1.82, 2.24) is 9.97 Å². The van der Waals surface area contributed by atoms with Crippen molar-refractivity contribution in [3.63, 3.8) is 0 Å².